The van der Waals surface area contributed by atoms with Crippen LogP contribution in [0, 0.1) is 17.4 Å². The SMILES string of the molecule is CC.N#Cc1ccn(-c2c[c-]c(N)cn2)c(=O)c1.[Y]. The van der Waals surface area contributed by atoms with Crippen molar-refractivity contribution in [2.45, 2.75) is 13.8 Å². The van der Waals surface area contributed by atoms with E-state index in [9.17, 15) is 4.79 Å². The van der Waals surface area contributed by atoms with Crippen molar-refractivity contribution >= 4 is 5.69 Å². The first-order valence-electron chi connectivity index (χ1n) is 5.47. The molecule has 0 atom stereocenters. The van der Waals surface area contributed by atoms with Crippen LogP contribution in [0.3, 0.4) is 0 Å². The molecule has 0 aromatic carbocycles. The van der Waals surface area contributed by atoms with E-state index < -0.39 is 0 Å². The second-order valence-corrected chi connectivity index (χ2v) is 3.10. The van der Waals surface area contributed by atoms with Gasteiger partial charge in [-0.2, -0.15) is 11.3 Å². The van der Waals surface area contributed by atoms with Gasteiger partial charge < -0.3 is 15.3 Å². The molecular formula is C13H13N4OY-. The molecule has 0 spiro atoms. The molecule has 0 unspecified atom stereocenters. The van der Waals surface area contributed by atoms with E-state index in [4.69, 9.17) is 11.0 Å². The van der Waals surface area contributed by atoms with Crippen LogP contribution in [0.1, 0.15) is 19.4 Å². The van der Waals surface area contributed by atoms with Crippen LogP contribution in [0.4, 0.5) is 5.69 Å². The summed E-state index contributed by atoms with van der Waals surface area (Å²) < 4.78 is 1.32. The molecule has 0 bridgehead atoms. The monoisotopic (exact) mass is 330 g/mol. The van der Waals surface area contributed by atoms with Crippen LogP contribution in [0.5, 0.6) is 0 Å². The first-order valence-corrected chi connectivity index (χ1v) is 5.47. The zero-order valence-electron chi connectivity index (χ0n) is 10.8. The summed E-state index contributed by atoms with van der Waals surface area (Å²) in [6, 6.07) is 8.94. The van der Waals surface area contributed by atoms with Crippen LogP contribution >= 0.6 is 0 Å². The fourth-order valence-corrected chi connectivity index (χ4v) is 1.23. The van der Waals surface area contributed by atoms with Gasteiger partial charge in [0.05, 0.1) is 11.6 Å². The van der Waals surface area contributed by atoms with Crippen LogP contribution in [-0.2, 0) is 32.7 Å². The van der Waals surface area contributed by atoms with Gasteiger partial charge in [-0.15, -0.1) is 6.07 Å². The van der Waals surface area contributed by atoms with Gasteiger partial charge in [0.1, 0.15) is 0 Å². The van der Waals surface area contributed by atoms with Gasteiger partial charge in [0.25, 0.3) is 0 Å². The summed E-state index contributed by atoms with van der Waals surface area (Å²) in [6.07, 6.45) is 2.91. The van der Waals surface area contributed by atoms with Gasteiger partial charge in [0, 0.05) is 50.8 Å². The Bertz CT molecular complexity index is 614. The molecule has 0 aliphatic carbocycles. The fourth-order valence-electron chi connectivity index (χ4n) is 1.23. The van der Waals surface area contributed by atoms with Gasteiger partial charge in [-0.1, -0.05) is 25.7 Å². The zero-order chi connectivity index (χ0) is 13.5. The number of hydrogen-bond donors (Lipinski definition) is 1. The molecule has 0 fully saturated rings. The Kier molecular flexibility index (Phi) is 7.89. The number of aromatic nitrogens is 2. The minimum absolute atomic E-state index is 0. The molecule has 0 aliphatic heterocycles. The van der Waals surface area contributed by atoms with E-state index in [1.165, 1.54) is 29.1 Å². The number of nitrogen functional groups attached to an aromatic ring is 1. The summed E-state index contributed by atoms with van der Waals surface area (Å²) in [7, 11) is 0. The molecule has 5 nitrogen and oxygen atoms in total. The average Bonchev–Trinajstić information content (AvgIpc) is 2.42. The summed E-state index contributed by atoms with van der Waals surface area (Å²) in [6.45, 7) is 4.00. The molecular weight excluding hydrogens is 317 g/mol. The van der Waals surface area contributed by atoms with Crippen molar-refractivity contribution in [3.63, 3.8) is 0 Å². The molecule has 2 rings (SSSR count). The maximum Gasteiger partial charge on any atom is 0.246 e. The maximum atomic E-state index is 11.6. The third-order valence-electron chi connectivity index (χ3n) is 2.00. The Labute approximate surface area is 137 Å². The van der Waals surface area contributed by atoms with Crippen molar-refractivity contribution in [3.05, 3.63) is 52.6 Å². The predicted octanol–water partition coefficient (Wildman–Crippen LogP) is 1.51. The van der Waals surface area contributed by atoms with Crippen LogP contribution in [0.25, 0.3) is 5.82 Å². The molecule has 2 aromatic rings. The van der Waals surface area contributed by atoms with Crippen molar-refractivity contribution in [1.82, 2.24) is 9.55 Å². The minimum Gasteiger partial charge on any atom is -0.418 e. The van der Waals surface area contributed by atoms with E-state index in [-0.39, 0.29) is 38.3 Å². The van der Waals surface area contributed by atoms with Crippen molar-refractivity contribution in [1.29, 1.82) is 5.26 Å². The molecule has 0 aliphatic rings. The number of nitrogens with two attached hydrogens (primary N) is 1. The number of anilines is 1. The number of hydrogen-bond acceptors (Lipinski definition) is 4. The molecule has 2 heterocycles. The second kappa shape index (κ2) is 8.57. The summed E-state index contributed by atoms with van der Waals surface area (Å²) >= 11 is 0. The maximum absolute atomic E-state index is 11.6. The standard InChI is InChI=1S/C11H7N4O.C2H6.Y/c12-6-8-3-4-15(11(16)5-8)10-2-1-9(13)7-14-10;1-2;/h2-5,7H,13H2;1-2H3;/q-1;;. The van der Waals surface area contributed by atoms with E-state index in [0.717, 1.165) is 0 Å². The Morgan fingerprint density at radius 3 is 2.63 bits per heavy atom. The molecule has 0 saturated carbocycles. The molecule has 2 N–H and O–H groups in total. The molecule has 19 heavy (non-hydrogen) atoms. The predicted molar refractivity (Wildman–Crippen MR) is 69.1 cm³/mol. The van der Waals surface area contributed by atoms with Gasteiger partial charge in [-0.05, 0) is 6.07 Å². The molecule has 6 heteroatoms. The first-order chi connectivity index (χ1) is 8.70. The Morgan fingerprint density at radius 1 is 1.47 bits per heavy atom. The van der Waals surface area contributed by atoms with Crippen molar-refractivity contribution < 1.29 is 32.7 Å². The fraction of sp³-hybridized carbons (Fsp3) is 0.154. The van der Waals surface area contributed by atoms with E-state index in [0.29, 0.717) is 17.1 Å². The van der Waals surface area contributed by atoms with Crippen LogP contribution < -0.4 is 11.3 Å². The number of nitriles is 1. The van der Waals surface area contributed by atoms with Gasteiger partial charge in [0.15, 0.2) is 0 Å². The smallest absolute Gasteiger partial charge is 0.246 e. The van der Waals surface area contributed by atoms with Gasteiger partial charge in [0.2, 0.25) is 5.56 Å². The Morgan fingerprint density at radius 2 is 2.16 bits per heavy atom. The number of nitrogens with zero attached hydrogens (tertiary/aromatic N) is 3. The van der Waals surface area contributed by atoms with E-state index in [2.05, 4.69) is 11.1 Å². The van der Waals surface area contributed by atoms with Crippen molar-refractivity contribution in [2.75, 3.05) is 5.73 Å². The van der Waals surface area contributed by atoms with Gasteiger partial charge in [-0.3, -0.25) is 4.79 Å². The number of rotatable bonds is 1. The minimum atomic E-state index is -0.315. The molecule has 95 valence electrons. The third kappa shape index (κ3) is 4.58. The Hall–Kier alpha value is -1.51. The summed E-state index contributed by atoms with van der Waals surface area (Å²) in [4.78, 5) is 15.6. The second-order valence-electron chi connectivity index (χ2n) is 3.10. The van der Waals surface area contributed by atoms with Gasteiger partial charge >= 0.3 is 0 Å². The summed E-state index contributed by atoms with van der Waals surface area (Å²) in [5, 5.41) is 8.62. The Balaban J connectivity index is 0.00000103. The van der Waals surface area contributed by atoms with E-state index in [1.54, 1.807) is 6.07 Å². The topological polar surface area (TPSA) is 84.7 Å². The van der Waals surface area contributed by atoms with Crippen molar-refractivity contribution in [3.8, 4) is 11.9 Å². The molecule has 2 aromatic heterocycles. The first kappa shape index (κ1) is 17.5. The third-order valence-corrected chi connectivity index (χ3v) is 2.00. The van der Waals surface area contributed by atoms with E-state index >= 15 is 0 Å². The summed E-state index contributed by atoms with van der Waals surface area (Å²) in [5.74, 6) is 0.420. The van der Waals surface area contributed by atoms with Crippen LogP contribution in [0.2, 0.25) is 0 Å². The average molecular weight is 330 g/mol. The largest absolute Gasteiger partial charge is 0.418 e. The number of pyridine rings is 2. The molecule has 0 saturated heterocycles. The van der Waals surface area contributed by atoms with Gasteiger partial charge in [-0.25, -0.2) is 0 Å². The zero-order valence-corrected chi connectivity index (χ0v) is 13.6. The molecule has 0 amide bonds. The van der Waals surface area contributed by atoms with Crippen LogP contribution in [0.15, 0.2) is 35.4 Å². The quantitative estimate of drug-likeness (QED) is 0.803. The summed E-state index contributed by atoms with van der Waals surface area (Å²) in [5.41, 5.74) is 5.85. The molecule has 1 radical (unpaired) electrons. The van der Waals surface area contributed by atoms with E-state index in [1.807, 2.05) is 19.9 Å². The van der Waals surface area contributed by atoms with Crippen LogP contribution in [-0.4, -0.2) is 9.55 Å². The normalized spacial score (nSPS) is 8.47. The van der Waals surface area contributed by atoms with Crippen molar-refractivity contribution in [2.24, 2.45) is 0 Å².